The standard InChI is InChI=1S/C12H19BN2/c1-5-15-9(2)11-8-10(13(3)4)6-7-12(11)14/h6-8,15H,2,5,14H2,1,3-4H3. The number of rotatable bonds is 4. The summed E-state index contributed by atoms with van der Waals surface area (Å²) in [4.78, 5) is 0. The molecule has 0 spiro atoms. The molecule has 1 aromatic carbocycles. The molecule has 1 aromatic rings. The van der Waals surface area contributed by atoms with Gasteiger partial charge in [-0.05, 0) is 13.0 Å². The second-order valence-corrected chi connectivity index (χ2v) is 4.01. The van der Waals surface area contributed by atoms with E-state index in [0.717, 1.165) is 23.5 Å². The van der Waals surface area contributed by atoms with E-state index >= 15 is 0 Å². The molecule has 0 fully saturated rings. The number of benzene rings is 1. The Labute approximate surface area is 92.6 Å². The normalized spacial score (nSPS) is 9.80. The summed E-state index contributed by atoms with van der Waals surface area (Å²) in [5, 5.41) is 3.19. The highest BCUT2D eigenvalue weighted by molar-refractivity contribution is 6.70. The van der Waals surface area contributed by atoms with Crippen molar-refractivity contribution in [3.63, 3.8) is 0 Å². The van der Waals surface area contributed by atoms with Crippen LogP contribution in [0.1, 0.15) is 12.5 Å². The predicted molar refractivity (Wildman–Crippen MR) is 70.7 cm³/mol. The van der Waals surface area contributed by atoms with Crippen LogP contribution in [0.15, 0.2) is 24.8 Å². The van der Waals surface area contributed by atoms with Crippen molar-refractivity contribution in [2.45, 2.75) is 20.6 Å². The Kier molecular flexibility index (Phi) is 3.84. The fourth-order valence-corrected chi connectivity index (χ4v) is 1.50. The first kappa shape index (κ1) is 11.7. The molecule has 0 aliphatic carbocycles. The summed E-state index contributed by atoms with van der Waals surface area (Å²) < 4.78 is 0. The molecule has 0 heterocycles. The van der Waals surface area contributed by atoms with Crippen LogP contribution < -0.4 is 16.5 Å². The zero-order chi connectivity index (χ0) is 11.4. The van der Waals surface area contributed by atoms with Gasteiger partial charge in [0.25, 0.3) is 0 Å². The summed E-state index contributed by atoms with van der Waals surface area (Å²) in [6, 6.07) is 6.14. The summed E-state index contributed by atoms with van der Waals surface area (Å²) in [5.41, 5.74) is 9.91. The summed E-state index contributed by atoms with van der Waals surface area (Å²) in [6.45, 7) is 11.8. The molecule has 2 nitrogen and oxygen atoms in total. The molecule has 0 bridgehead atoms. The molecule has 0 aromatic heterocycles. The van der Waals surface area contributed by atoms with Crippen LogP contribution in [-0.4, -0.2) is 13.3 Å². The maximum atomic E-state index is 5.92. The quantitative estimate of drug-likeness (QED) is 0.577. The van der Waals surface area contributed by atoms with Crippen molar-refractivity contribution in [3.05, 3.63) is 30.3 Å². The molecule has 3 N–H and O–H groups in total. The fourth-order valence-electron chi connectivity index (χ4n) is 1.50. The molecule has 0 radical (unpaired) electrons. The lowest BCUT2D eigenvalue weighted by atomic mass is 9.49. The number of nitrogens with two attached hydrogens (primary N) is 1. The van der Waals surface area contributed by atoms with Gasteiger partial charge in [0.1, 0.15) is 0 Å². The van der Waals surface area contributed by atoms with Crippen LogP contribution in [0.2, 0.25) is 13.6 Å². The topological polar surface area (TPSA) is 38.0 Å². The van der Waals surface area contributed by atoms with E-state index in [-0.39, 0.29) is 0 Å². The second kappa shape index (κ2) is 4.92. The number of nitrogen functional groups attached to an aromatic ring is 1. The van der Waals surface area contributed by atoms with Crippen LogP contribution in [0.5, 0.6) is 0 Å². The summed E-state index contributed by atoms with van der Waals surface area (Å²) in [5.74, 6) is 0. The van der Waals surface area contributed by atoms with Crippen LogP contribution in [0, 0.1) is 0 Å². The minimum absolute atomic E-state index is 0.513. The highest BCUT2D eigenvalue weighted by Gasteiger charge is 2.08. The predicted octanol–water partition coefficient (Wildman–Crippen LogP) is 1.81. The van der Waals surface area contributed by atoms with E-state index in [1.807, 2.05) is 13.0 Å². The van der Waals surface area contributed by atoms with Gasteiger partial charge in [-0.3, -0.25) is 0 Å². The summed E-state index contributed by atoms with van der Waals surface area (Å²) in [6.07, 6.45) is 0. The molecule has 1 rings (SSSR count). The highest BCUT2D eigenvalue weighted by atomic mass is 14.9. The highest BCUT2D eigenvalue weighted by Crippen LogP contribution is 2.16. The van der Waals surface area contributed by atoms with Crippen molar-refractivity contribution >= 4 is 23.6 Å². The molecule has 15 heavy (non-hydrogen) atoms. The Balaban J connectivity index is 3.05. The molecule has 0 aliphatic rings. The minimum atomic E-state index is 0.513. The molecule has 0 atom stereocenters. The van der Waals surface area contributed by atoms with E-state index in [1.54, 1.807) is 0 Å². The smallest absolute Gasteiger partial charge is 0.169 e. The third kappa shape index (κ3) is 2.78. The van der Waals surface area contributed by atoms with E-state index in [2.05, 4.69) is 37.7 Å². The van der Waals surface area contributed by atoms with Crippen LogP contribution in [0.25, 0.3) is 5.70 Å². The number of hydrogen-bond donors (Lipinski definition) is 2. The van der Waals surface area contributed by atoms with E-state index in [4.69, 9.17) is 5.73 Å². The largest absolute Gasteiger partial charge is 0.398 e. The summed E-state index contributed by atoms with van der Waals surface area (Å²) in [7, 11) is 0. The SMILES string of the molecule is C=C(NCC)c1cc(B(C)C)ccc1N. The zero-order valence-corrected chi connectivity index (χ0v) is 9.80. The summed E-state index contributed by atoms with van der Waals surface area (Å²) >= 11 is 0. The molecule has 0 aliphatic heterocycles. The van der Waals surface area contributed by atoms with Crippen molar-refractivity contribution in [2.75, 3.05) is 12.3 Å². The van der Waals surface area contributed by atoms with Gasteiger partial charge in [-0.15, -0.1) is 0 Å². The molecule has 0 saturated carbocycles. The molecule has 0 saturated heterocycles. The average molecular weight is 202 g/mol. The van der Waals surface area contributed by atoms with Gasteiger partial charge in [0.15, 0.2) is 6.71 Å². The maximum absolute atomic E-state index is 5.92. The van der Waals surface area contributed by atoms with Crippen LogP contribution in [0.4, 0.5) is 5.69 Å². The lowest BCUT2D eigenvalue weighted by molar-refractivity contribution is 0.943. The van der Waals surface area contributed by atoms with Gasteiger partial charge in [-0.1, -0.05) is 37.8 Å². The first-order valence-electron chi connectivity index (χ1n) is 5.38. The third-order valence-electron chi connectivity index (χ3n) is 2.46. The van der Waals surface area contributed by atoms with Gasteiger partial charge < -0.3 is 11.1 Å². The Morgan fingerprint density at radius 3 is 2.67 bits per heavy atom. The van der Waals surface area contributed by atoms with Gasteiger partial charge in [-0.2, -0.15) is 0 Å². The minimum Gasteiger partial charge on any atom is -0.398 e. The van der Waals surface area contributed by atoms with Gasteiger partial charge >= 0.3 is 0 Å². The molecule has 3 heteroatoms. The number of nitrogens with one attached hydrogen (secondary N) is 1. The van der Waals surface area contributed by atoms with Gasteiger partial charge in [0, 0.05) is 23.5 Å². The van der Waals surface area contributed by atoms with Crippen molar-refractivity contribution in [2.24, 2.45) is 0 Å². The lowest BCUT2D eigenvalue weighted by Gasteiger charge is -2.13. The van der Waals surface area contributed by atoms with Crippen molar-refractivity contribution in [1.29, 1.82) is 0 Å². The van der Waals surface area contributed by atoms with E-state index in [1.165, 1.54) is 5.46 Å². The monoisotopic (exact) mass is 202 g/mol. The second-order valence-electron chi connectivity index (χ2n) is 4.01. The lowest BCUT2D eigenvalue weighted by Crippen LogP contribution is -2.24. The van der Waals surface area contributed by atoms with Crippen LogP contribution in [0.3, 0.4) is 0 Å². The molecular weight excluding hydrogens is 183 g/mol. The first-order chi connectivity index (χ1) is 7.06. The van der Waals surface area contributed by atoms with E-state index in [0.29, 0.717) is 6.71 Å². The Morgan fingerprint density at radius 1 is 1.47 bits per heavy atom. The number of hydrogen-bond acceptors (Lipinski definition) is 2. The molecule has 0 amide bonds. The van der Waals surface area contributed by atoms with E-state index < -0.39 is 0 Å². The molecule has 80 valence electrons. The van der Waals surface area contributed by atoms with Gasteiger partial charge in [0.2, 0.25) is 0 Å². The maximum Gasteiger partial charge on any atom is 0.169 e. The van der Waals surface area contributed by atoms with E-state index in [9.17, 15) is 0 Å². The average Bonchev–Trinajstić information content (AvgIpc) is 2.18. The van der Waals surface area contributed by atoms with Crippen LogP contribution >= 0.6 is 0 Å². The Bertz CT molecular complexity index is 359. The number of anilines is 1. The van der Waals surface area contributed by atoms with Crippen LogP contribution in [-0.2, 0) is 0 Å². The third-order valence-corrected chi connectivity index (χ3v) is 2.46. The Hall–Kier alpha value is -1.38. The van der Waals surface area contributed by atoms with Gasteiger partial charge in [-0.25, -0.2) is 0 Å². The fraction of sp³-hybridized carbons (Fsp3) is 0.333. The zero-order valence-electron chi connectivity index (χ0n) is 9.80. The Morgan fingerprint density at radius 2 is 2.13 bits per heavy atom. The first-order valence-corrected chi connectivity index (χ1v) is 5.38. The molecular formula is C12H19BN2. The van der Waals surface area contributed by atoms with Crippen molar-refractivity contribution in [3.8, 4) is 0 Å². The van der Waals surface area contributed by atoms with Crippen molar-refractivity contribution < 1.29 is 0 Å². The molecule has 0 unspecified atom stereocenters. The van der Waals surface area contributed by atoms with Crippen molar-refractivity contribution in [1.82, 2.24) is 5.32 Å². The van der Waals surface area contributed by atoms with Gasteiger partial charge in [0.05, 0.1) is 0 Å².